The van der Waals surface area contributed by atoms with Crippen LogP contribution >= 0.6 is 0 Å². The molecule has 1 aromatic heterocycles. The molecule has 262 valence electrons. The number of esters is 1. The third-order valence-electron chi connectivity index (χ3n) is 9.59. The number of ether oxygens (including phenoxy) is 2. The Kier molecular flexibility index (Phi) is 9.93. The molecule has 0 aliphatic heterocycles. The van der Waals surface area contributed by atoms with Crippen molar-refractivity contribution in [2.75, 3.05) is 18.0 Å². The molecule has 8 nitrogen and oxygen atoms in total. The van der Waals surface area contributed by atoms with Crippen LogP contribution in [0.15, 0.2) is 102 Å². The smallest absolute Gasteiger partial charge is 0.416 e. The van der Waals surface area contributed by atoms with E-state index in [-0.39, 0.29) is 41.7 Å². The lowest BCUT2D eigenvalue weighted by Gasteiger charge is -2.37. The summed E-state index contributed by atoms with van der Waals surface area (Å²) in [5, 5.41) is 0. The van der Waals surface area contributed by atoms with Gasteiger partial charge in [0.15, 0.2) is 0 Å². The van der Waals surface area contributed by atoms with Gasteiger partial charge in [0.1, 0.15) is 18.2 Å². The summed E-state index contributed by atoms with van der Waals surface area (Å²) in [6.45, 7) is 2.07. The number of halogens is 3. The van der Waals surface area contributed by atoms with Crippen LogP contribution in [0.2, 0.25) is 0 Å². The number of carbonyl (C=O) groups is 1. The number of aryl methyl sites for hydroxylation is 2. The molecule has 0 N–H and O–H groups in total. The number of imidazole rings is 1. The number of alkyl halides is 3. The largest absolute Gasteiger partial charge is 0.493 e. The molecule has 0 unspecified atom stereocenters. The molecule has 3 atom stereocenters. The van der Waals surface area contributed by atoms with Gasteiger partial charge in [-0.25, -0.2) is 13.4 Å². The van der Waals surface area contributed by atoms with Gasteiger partial charge in [-0.05, 0) is 91.4 Å². The van der Waals surface area contributed by atoms with Gasteiger partial charge < -0.3 is 14.0 Å². The molecule has 0 saturated heterocycles. The Labute approximate surface area is 289 Å². The third-order valence-corrected chi connectivity index (χ3v) is 11.4. The fraction of sp³-hybridized carbons (Fsp3) is 0.316. The van der Waals surface area contributed by atoms with Crippen molar-refractivity contribution in [2.24, 2.45) is 18.9 Å². The van der Waals surface area contributed by atoms with Crippen molar-refractivity contribution in [3.63, 3.8) is 0 Å². The Morgan fingerprint density at radius 1 is 0.960 bits per heavy atom. The van der Waals surface area contributed by atoms with E-state index >= 15 is 0 Å². The van der Waals surface area contributed by atoms with Crippen LogP contribution in [0.5, 0.6) is 5.75 Å². The zero-order valence-electron chi connectivity index (χ0n) is 27.9. The SMILES string of the molecule is Cc1nc2cc(S(=O)(=O)N(C)c3ccc([C@H]4CCC[C@@H](COc5ccc(C(F)(F)F)cc5)[C@@H]4C(=O)OCc4ccccc4)cc3)ccc2n1C. The van der Waals surface area contributed by atoms with Crippen molar-refractivity contribution in [3.05, 3.63) is 120 Å². The fourth-order valence-corrected chi connectivity index (χ4v) is 7.88. The van der Waals surface area contributed by atoms with E-state index in [9.17, 15) is 26.4 Å². The molecule has 5 aromatic rings. The summed E-state index contributed by atoms with van der Waals surface area (Å²) in [7, 11) is -0.532. The molecule has 1 heterocycles. The van der Waals surface area contributed by atoms with Crippen LogP contribution in [-0.4, -0.2) is 37.6 Å². The molecule has 12 heteroatoms. The van der Waals surface area contributed by atoms with Gasteiger partial charge in [-0.1, -0.05) is 48.9 Å². The summed E-state index contributed by atoms with van der Waals surface area (Å²) in [6, 6.07) is 25.9. The van der Waals surface area contributed by atoms with Crippen molar-refractivity contribution < 1.29 is 35.9 Å². The number of nitrogens with zero attached hydrogens (tertiary/aromatic N) is 3. The van der Waals surface area contributed by atoms with Crippen molar-refractivity contribution in [3.8, 4) is 5.75 Å². The van der Waals surface area contributed by atoms with Gasteiger partial charge >= 0.3 is 12.1 Å². The van der Waals surface area contributed by atoms with Crippen LogP contribution in [0.3, 0.4) is 0 Å². The number of hydrogen-bond donors (Lipinski definition) is 0. The maximum atomic E-state index is 13.8. The first-order valence-electron chi connectivity index (χ1n) is 16.4. The molecule has 4 aromatic carbocycles. The second kappa shape index (κ2) is 14.2. The third kappa shape index (κ3) is 7.35. The average molecular weight is 706 g/mol. The molecule has 50 heavy (non-hydrogen) atoms. The first-order chi connectivity index (χ1) is 23.8. The first kappa shape index (κ1) is 35.0. The molecular formula is C38H38F3N3O5S. The Balaban J connectivity index is 1.22. The highest BCUT2D eigenvalue weighted by molar-refractivity contribution is 7.92. The average Bonchev–Trinajstić information content (AvgIpc) is 3.41. The molecule has 1 fully saturated rings. The monoisotopic (exact) mass is 705 g/mol. The minimum atomic E-state index is -4.45. The zero-order valence-corrected chi connectivity index (χ0v) is 28.7. The van der Waals surface area contributed by atoms with Crippen LogP contribution in [0.4, 0.5) is 18.9 Å². The van der Waals surface area contributed by atoms with Crippen LogP contribution in [0.1, 0.15) is 47.7 Å². The van der Waals surface area contributed by atoms with Gasteiger partial charge in [0, 0.05) is 20.0 Å². The van der Waals surface area contributed by atoms with Crippen LogP contribution < -0.4 is 9.04 Å². The Morgan fingerprint density at radius 3 is 2.34 bits per heavy atom. The topological polar surface area (TPSA) is 90.7 Å². The number of sulfonamides is 1. The van der Waals surface area contributed by atoms with Crippen LogP contribution in [0, 0.1) is 18.8 Å². The molecular weight excluding hydrogens is 667 g/mol. The van der Waals surface area contributed by atoms with Gasteiger partial charge in [0.05, 0.1) is 39.7 Å². The van der Waals surface area contributed by atoms with Crippen molar-refractivity contribution in [2.45, 2.75) is 49.8 Å². The predicted octanol–water partition coefficient (Wildman–Crippen LogP) is 8.05. The van der Waals surface area contributed by atoms with E-state index in [1.165, 1.54) is 23.5 Å². The molecule has 1 saturated carbocycles. The summed E-state index contributed by atoms with van der Waals surface area (Å²) in [5.74, 6) is -0.447. The molecule has 0 amide bonds. The number of carbonyl (C=O) groups excluding carboxylic acids is 1. The second-order valence-electron chi connectivity index (χ2n) is 12.7. The second-order valence-corrected chi connectivity index (χ2v) is 14.7. The van der Waals surface area contributed by atoms with Gasteiger partial charge in [0.25, 0.3) is 10.0 Å². The quantitative estimate of drug-likeness (QED) is 0.137. The summed E-state index contributed by atoms with van der Waals surface area (Å²) < 4.78 is 81.4. The lowest BCUT2D eigenvalue weighted by atomic mass is 9.69. The lowest BCUT2D eigenvalue weighted by molar-refractivity contribution is -0.155. The standard InChI is InChI=1S/C38H38F3N3O5S/c1-25-42-34-22-32(20-21-35(34)43(25)2)50(46,47)44(3)30-16-12-27(13-17-30)33-11-7-10-28(24-48-31-18-14-29(15-19-31)38(39,40)41)36(33)37(45)49-23-26-8-5-4-6-9-26/h4-6,8-9,12-22,28,33,36H,7,10-11,23-24H2,1-3H3/t28-,33+,36-/m0/s1. The molecule has 1 aliphatic rings. The molecule has 0 bridgehead atoms. The van der Waals surface area contributed by atoms with Crippen LogP contribution in [0.25, 0.3) is 11.0 Å². The van der Waals surface area contributed by atoms with E-state index in [4.69, 9.17) is 9.47 Å². The number of fused-ring (bicyclic) bond motifs is 1. The zero-order chi connectivity index (χ0) is 35.6. The molecule has 0 spiro atoms. The number of aromatic nitrogens is 2. The normalized spacial score (nSPS) is 18.2. The van der Waals surface area contributed by atoms with E-state index in [1.54, 1.807) is 30.3 Å². The number of rotatable bonds is 10. The summed E-state index contributed by atoms with van der Waals surface area (Å²) in [4.78, 5) is 18.4. The number of anilines is 1. The first-order valence-corrected chi connectivity index (χ1v) is 17.8. The maximum Gasteiger partial charge on any atom is 0.416 e. The van der Waals surface area contributed by atoms with E-state index < -0.39 is 27.7 Å². The van der Waals surface area contributed by atoms with Gasteiger partial charge in [-0.15, -0.1) is 0 Å². The number of hydrogen-bond acceptors (Lipinski definition) is 6. The molecule has 1 aliphatic carbocycles. The lowest BCUT2D eigenvalue weighted by Crippen LogP contribution is -2.37. The van der Waals surface area contributed by atoms with Crippen molar-refractivity contribution in [1.29, 1.82) is 0 Å². The van der Waals surface area contributed by atoms with Crippen LogP contribution in [-0.2, 0) is 39.4 Å². The minimum absolute atomic E-state index is 0.0980. The molecule has 6 rings (SSSR count). The summed E-state index contributed by atoms with van der Waals surface area (Å²) in [5.41, 5.74) is 2.81. The highest BCUT2D eigenvalue weighted by Crippen LogP contribution is 2.43. The van der Waals surface area contributed by atoms with Gasteiger partial charge in [0.2, 0.25) is 0 Å². The fourth-order valence-electron chi connectivity index (χ4n) is 6.66. The highest BCUT2D eigenvalue weighted by Gasteiger charge is 2.41. The van der Waals surface area contributed by atoms with Gasteiger partial charge in [-0.3, -0.25) is 9.10 Å². The van der Waals surface area contributed by atoms with E-state index in [0.717, 1.165) is 41.0 Å². The Bertz CT molecular complexity index is 2070. The summed E-state index contributed by atoms with van der Waals surface area (Å²) >= 11 is 0. The highest BCUT2D eigenvalue weighted by atomic mass is 32.2. The van der Waals surface area contributed by atoms with E-state index in [1.807, 2.05) is 61.0 Å². The Morgan fingerprint density at radius 2 is 1.66 bits per heavy atom. The maximum absolute atomic E-state index is 13.8. The minimum Gasteiger partial charge on any atom is -0.493 e. The van der Waals surface area contributed by atoms with Gasteiger partial charge in [-0.2, -0.15) is 13.2 Å². The van der Waals surface area contributed by atoms with Crippen molar-refractivity contribution >= 4 is 32.7 Å². The molecule has 0 radical (unpaired) electrons. The van der Waals surface area contributed by atoms with E-state index in [0.29, 0.717) is 24.0 Å². The number of benzene rings is 4. The summed E-state index contributed by atoms with van der Waals surface area (Å²) in [6.07, 6.45) is -2.30. The Hall–Kier alpha value is -4.84. The van der Waals surface area contributed by atoms with Crippen molar-refractivity contribution in [1.82, 2.24) is 9.55 Å². The van der Waals surface area contributed by atoms with E-state index in [2.05, 4.69) is 4.98 Å². The predicted molar refractivity (Wildman–Crippen MR) is 184 cm³/mol.